The van der Waals surface area contributed by atoms with Crippen molar-refractivity contribution >= 4 is 0 Å². The second kappa shape index (κ2) is 12.7. The third-order valence-electron chi connectivity index (χ3n) is 6.22. The predicted molar refractivity (Wildman–Crippen MR) is 145 cm³/mol. The summed E-state index contributed by atoms with van der Waals surface area (Å²) in [6.07, 6.45) is 0.0280. The van der Waals surface area contributed by atoms with Gasteiger partial charge in [0.1, 0.15) is 23.0 Å². The van der Waals surface area contributed by atoms with E-state index >= 15 is 0 Å². The van der Waals surface area contributed by atoms with Crippen LogP contribution in [0.25, 0.3) is 11.1 Å². The van der Waals surface area contributed by atoms with Crippen molar-refractivity contribution in [1.82, 2.24) is 5.32 Å². The first kappa shape index (κ1) is 26.7. The lowest BCUT2D eigenvalue weighted by molar-refractivity contribution is 0.174. The molecule has 4 aromatic carbocycles. The van der Waals surface area contributed by atoms with Crippen LogP contribution in [0.2, 0.25) is 0 Å². The number of hydrogen-bond donors (Lipinski definition) is 4. The van der Waals surface area contributed by atoms with Crippen molar-refractivity contribution in [2.24, 2.45) is 0 Å². The van der Waals surface area contributed by atoms with Gasteiger partial charge in [0, 0.05) is 17.7 Å². The second-order valence-corrected chi connectivity index (χ2v) is 8.82. The van der Waals surface area contributed by atoms with E-state index in [1.807, 2.05) is 60.7 Å². The van der Waals surface area contributed by atoms with Crippen molar-refractivity contribution in [3.8, 4) is 40.2 Å². The van der Waals surface area contributed by atoms with Gasteiger partial charge in [-0.25, -0.2) is 0 Å². The molecular formula is C31H30N2O5. The van der Waals surface area contributed by atoms with E-state index in [-0.39, 0.29) is 12.4 Å². The van der Waals surface area contributed by atoms with Gasteiger partial charge in [0.05, 0.1) is 31.5 Å². The summed E-state index contributed by atoms with van der Waals surface area (Å²) in [5, 5.41) is 41.8. The molecule has 0 spiro atoms. The molecule has 0 bridgehead atoms. The summed E-state index contributed by atoms with van der Waals surface area (Å²) < 4.78 is 11.6. The molecule has 7 nitrogen and oxygen atoms in total. The van der Waals surface area contributed by atoms with E-state index in [0.29, 0.717) is 47.0 Å². The monoisotopic (exact) mass is 510 g/mol. The minimum atomic E-state index is -0.742. The SMILES string of the molecule is COc1ccc(Oc2ccc(CCNCC(O)c3ccc(O)c(CO)c3)cc2)cc1-c1cccc(C#N)c1. The molecule has 4 N–H and O–H groups in total. The van der Waals surface area contributed by atoms with E-state index in [1.165, 1.54) is 6.07 Å². The van der Waals surface area contributed by atoms with Gasteiger partial charge in [-0.3, -0.25) is 0 Å². The van der Waals surface area contributed by atoms with Gasteiger partial charge in [0.15, 0.2) is 0 Å². The quantitative estimate of drug-likeness (QED) is 0.208. The molecule has 0 aliphatic rings. The molecule has 0 aliphatic heterocycles. The van der Waals surface area contributed by atoms with Crippen molar-refractivity contribution < 1.29 is 24.8 Å². The van der Waals surface area contributed by atoms with Crippen LogP contribution in [0, 0.1) is 11.3 Å². The first-order chi connectivity index (χ1) is 18.5. The highest BCUT2D eigenvalue weighted by atomic mass is 16.5. The van der Waals surface area contributed by atoms with E-state index in [4.69, 9.17) is 9.47 Å². The molecule has 4 aromatic rings. The largest absolute Gasteiger partial charge is 0.508 e. The van der Waals surface area contributed by atoms with Crippen LogP contribution in [0.5, 0.6) is 23.0 Å². The van der Waals surface area contributed by atoms with Gasteiger partial charge in [0.25, 0.3) is 0 Å². The standard InChI is InChI=1S/C31H30N2O5/c1-37-31-12-10-27(17-28(31)23-4-2-3-22(15-23)18-32)38-26-8-5-21(6-9-26)13-14-33-19-30(36)24-7-11-29(35)25(16-24)20-34/h2-12,15-17,30,33-36H,13-14,19-20H2,1H3. The van der Waals surface area contributed by atoms with Crippen LogP contribution in [-0.4, -0.2) is 35.5 Å². The fourth-order valence-corrected chi connectivity index (χ4v) is 4.12. The Morgan fingerprint density at radius 1 is 0.947 bits per heavy atom. The molecule has 0 fully saturated rings. The average molecular weight is 511 g/mol. The number of nitrogens with one attached hydrogen (secondary N) is 1. The van der Waals surface area contributed by atoms with Gasteiger partial charge in [-0.15, -0.1) is 0 Å². The molecule has 0 saturated heterocycles. The predicted octanol–water partition coefficient (Wildman–Crippen LogP) is 5.09. The van der Waals surface area contributed by atoms with Crippen molar-refractivity contribution in [3.63, 3.8) is 0 Å². The summed E-state index contributed by atoms with van der Waals surface area (Å²) >= 11 is 0. The lowest BCUT2D eigenvalue weighted by atomic mass is 10.0. The fraction of sp³-hybridized carbons (Fsp3) is 0.194. The van der Waals surface area contributed by atoms with Crippen LogP contribution in [0.1, 0.15) is 28.4 Å². The molecule has 0 aromatic heterocycles. The third-order valence-corrected chi connectivity index (χ3v) is 6.22. The van der Waals surface area contributed by atoms with Crippen LogP contribution in [-0.2, 0) is 13.0 Å². The fourth-order valence-electron chi connectivity index (χ4n) is 4.12. The number of aliphatic hydroxyl groups is 2. The Morgan fingerprint density at radius 3 is 2.47 bits per heavy atom. The highest BCUT2D eigenvalue weighted by Crippen LogP contribution is 2.35. The Hall–Kier alpha value is -4.35. The molecule has 38 heavy (non-hydrogen) atoms. The zero-order valence-electron chi connectivity index (χ0n) is 21.1. The number of aromatic hydroxyl groups is 1. The molecule has 194 valence electrons. The van der Waals surface area contributed by atoms with Crippen molar-refractivity contribution in [1.29, 1.82) is 5.26 Å². The Labute approximate surface area is 222 Å². The lowest BCUT2D eigenvalue weighted by Crippen LogP contribution is -2.23. The number of benzene rings is 4. The van der Waals surface area contributed by atoms with Crippen LogP contribution in [0.4, 0.5) is 0 Å². The molecule has 1 atom stereocenters. The summed E-state index contributed by atoms with van der Waals surface area (Å²) in [5.41, 5.74) is 4.44. The second-order valence-electron chi connectivity index (χ2n) is 8.82. The smallest absolute Gasteiger partial charge is 0.128 e. The molecular weight excluding hydrogens is 480 g/mol. The van der Waals surface area contributed by atoms with Gasteiger partial charge < -0.3 is 30.1 Å². The minimum absolute atomic E-state index is 0.0154. The van der Waals surface area contributed by atoms with Gasteiger partial charge in [-0.2, -0.15) is 5.26 Å². The maximum atomic E-state index is 10.4. The number of phenols is 1. The summed E-state index contributed by atoms with van der Waals surface area (Å²) in [7, 11) is 1.61. The number of hydrogen-bond acceptors (Lipinski definition) is 7. The number of aliphatic hydroxyl groups excluding tert-OH is 2. The topological polar surface area (TPSA) is 115 Å². The number of rotatable bonds is 11. The summed E-state index contributed by atoms with van der Waals surface area (Å²) in [6.45, 7) is 0.745. The molecule has 0 amide bonds. The third kappa shape index (κ3) is 6.69. The van der Waals surface area contributed by atoms with E-state index in [2.05, 4.69) is 11.4 Å². The van der Waals surface area contributed by atoms with Gasteiger partial charge in [-0.1, -0.05) is 30.3 Å². The zero-order chi connectivity index (χ0) is 26.9. The van der Waals surface area contributed by atoms with Crippen LogP contribution >= 0.6 is 0 Å². The van der Waals surface area contributed by atoms with E-state index < -0.39 is 6.10 Å². The molecule has 0 radical (unpaired) electrons. The first-order valence-electron chi connectivity index (χ1n) is 12.3. The maximum Gasteiger partial charge on any atom is 0.128 e. The van der Waals surface area contributed by atoms with E-state index in [1.54, 1.807) is 25.3 Å². The Bertz CT molecular complexity index is 1410. The normalized spacial score (nSPS) is 11.5. The van der Waals surface area contributed by atoms with Crippen molar-refractivity contribution in [3.05, 3.63) is 107 Å². The highest BCUT2D eigenvalue weighted by molar-refractivity contribution is 5.73. The summed E-state index contributed by atoms with van der Waals surface area (Å²) in [5.74, 6) is 2.07. The number of nitrogens with zero attached hydrogens (tertiary/aromatic N) is 1. The summed E-state index contributed by atoms with van der Waals surface area (Å²) in [6, 6.07) is 27.7. The first-order valence-corrected chi connectivity index (χ1v) is 12.3. The van der Waals surface area contributed by atoms with Crippen LogP contribution < -0.4 is 14.8 Å². The molecule has 0 heterocycles. The van der Waals surface area contributed by atoms with E-state index in [9.17, 15) is 20.6 Å². The van der Waals surface area contributed by atoms with E-state index in [0.717, 1.165) is 23.1 Å². The van der Waals surface area contributed by atoms with Crippen molar-refractivity contribution in [2.45, 2.75) is 19.1 Å². The molecule has 7 heteroatoms. The van der Waals surface area contributed by atoms with Gasteiger partial charge >= 0.3 is 0 Å². The number of ether oxygens (including phenoxy) is 2. The molecule has 0 saturated carbocycles. The highest BCUT2D eigenvalue weighted by Gasteiger charge is 2.11. The average Bonchev–Trinajstić information content (AvgIpc) is 2.96. The minimum Gasteiger partial charge on any atom is -0.508 e. The molecule has 0 aliphatic carbocycles. The van der Waals surface area contributed by atoms with Crippen LogP contribution in [0.15, 0.2) is 84.9 Å². The Morgan fingerprint density at radius 2 is 1.74 bits per heavy atom. The number of nitriles is 1. The maximum absolute atomic E-state index is 10.4. The molecule has 4 rings (SSSR count). The van der Waals surface area contributed by atoms with Gasteiger partial charge in [-0.05, 0) is 84.3 Å². The zero-order valence-corrected chi connectivity index (χ0v) is 21.1. The van der Waals surface area contributed by atoms with Crippen molar-refractivity contribution in [2.75, 3.05) is 20.2 Å². The molecule has 1 unspecified atom stereocenters. The Kier molecular flexibility index (Phi) is 8.96. The Balaban J connectivity index is 1.32. The summed E-state index contributed by atoms with van der Waals surface area (Å²) in [4.78, 5) is 0. The van der Waals surface area contributed by atoms with Gasteiger partial charge in [0.2, 0.25) is 0 Å². The lowest BCUT2D eigenvalue weighted by Gasteiger charge is -2.14. The van der Waals surface area contributed by atoms with Crippen LogP contribution in [0.3, 0.4) is 0 Å². The number of methoxy groups -OCH3 is 1.